The standard InChI is InChI=1S/C13H22N2O5S/c1-8-9(2)21-7-6-15(8)13(19)14-10(12(17)18)4-5-11(16)20-3/h8-10H,4-7H2,1-3H3,(H,14,19)(H,17,18)/t8?,9?,10-/m1/s1. The Morgan fingerprint density at radius 3 is 2.67 bits per heavy atom. The van der Waals surface area contributed by atoms with E-state index >= 15 is 0 Å². The van der Waals surface area contributed by atoms with E-state index in [1.165, 1.54) is 7.11 Å². The van der Waals surface area contributed by atoms with E-state index in [1.54, 1.807) is 16.7 Å². The quantitative estimate of drug-likeness (QED) is 0.732. The summed E-state index contributed by atoms with van der Waals surface area (Å²) in [7, 11) is 1.24. The first kappa shape index (κ1) is 17.6. The van der Waals surface area contributed by atoms with Crippen molar-refractivity contribution in [3.8, 4) is 0 Å². The number of amides is 2. The van der Waals surface area contributed by atoms with Gasteiger partial charge in [0.2, 0.25) is 0 Å². The first-order valence-electron chi connectivity index (χ1n) is 6.85. The third-order valence-electron chi connectivity index (χ3n) is 3.61. The molecule has 1 aliphatic heterocycles. The van der Waals surface area contributed by atoms with E-state index in [2.05, 4.69) is 10.1 Å². The Balaban J connectivity index is 2.59. The zero-order chi connectivity index (χ0) is 16.0. The minimum atomic E-state index is -1.15. The minimum absolute atomic E-state index is 0.0142. The van der Waals surface area contributed by atoms with E-state index in [4.69, 9.17) is 5.11 Å². The van der Waals surface area contributed by atoms with Gasteiger partial charge in [0.15, 0.2) is 0 Å². The maximum absolute atomic E-state index is 12.2. The fraction of sp³-hybridized carbons (Fsp3) is 0.769. The third-order valence-corrected chi connectivity index (χ3v) is 4.94. The molecule has 1 saturated heterocycles. The largest absolute Gasteiger partial charge is 0.480 e. The molecule has 0 saturated carbocycles. The second-order valence-electron chi connectivity index (χ2n) is 4.97. The maximum Gasteiger partial charge on any atom is 0.326 e. The second-order valence-corrected chi connectivity index (χ2v) is 6.45. The molecule has 2 unspecified atom stereocenters. The molecule has 0 aromatic rings. The van der Waals surface area contributed by atoms with Gasteiger partial charge in [-0.1, -0.05) is 6.92 Å². The molecule has 21 heavy (non-hydrogen) atoms. The fourth-order valence-electron chi connectivity index (χ4n) is 2.07. The van der Waals surface area contributed by atoms with E-state index in [1.807, 2.05) is 13.8 Å². The molecule has 0 radical (unpaired) electrons. The van der Waals surface area contributed by atoms with Gasteiger partial charge in [0.05, 0.1) is 7.11 Å². The maximum atomic E-state index is 12.2. The lowest BCUT2D eigenvalue weighted by molar-refractivity contribution is -0.142. The number of carboxylic acid groups (broad SMARTS) is 1. The summed E-state index contributed by atoms with van der Waals surface area (Å²) in [5.41, 5.74) is 0. The first-order chi connectivity index (χ1) is 9.86. The fourth-order valence-corrected chi connectivity index (χ4v) is 3.17. The van der Waals surface area contributed by atoms with Crippen molar-refractivity contribution in [1.29, 1.82) is 0 Å². The number of carbonyl (C=O) groups is 3. The lowest BCUT2D eigenvalue weighted by atomic mass is 10.1. The molecule has 0 bridgehead atoms. The van der Waals surface area contributed by atoms with Crippen molar-refractivity contribution in [2.75, 3.05) is 19.4 Å². The van der Waals surface area contributed by atoms with Crippen LogP contribution in [-0.2, 0) is 14.3 Å². The van der Waals surface area contributed by atoms with Crippen molar-refractivity contribution in [1.82, 2.24) is 10.2 Å². The molecule has 1 rings (SSSR count). The van der Waals surface area contributed by atoms with Crippen LogP contribution in [0, 0.1) is 0 Å². The number of thioether (sulfide) groups is 1. The lowest BCUT2D eigenvalue weighted by Crippen LogP contribution is -2.55. The number of hydrogen-bond donors (Lipinski definition) is 2. The molecule has 2 N–H and O–H groups in total. The third kappa shape index (κ3) is 5.11. The van der Waals surface area contributed by atoms with Gasteiger partial charge in [-0.05, 0) is 13.3 Å². The van der Waals surface area contributed by atoms with E-state index < -0.39 is 24.0 Å². The number of aliphatic carboxylic acids is 1. The number of hydrogen-bond acceptors (Lipinski definition) is 5. The Bertz CT molecular complexity index is 404. The van der Waals surface area contributed by atoms with Crippen molar-refractivity contribution in [2.45, 2.75) is 44.0 Å². The average Bonchev–Trinajstić information content (AvgIpc) is 2.45. The summed E-state index contributed by atoms with van der Waals surface area (Å²) in [6.07, 6.45) is -0.0319. The van der Waals surface area contributed by atoms with Crippen LogP contribution in [-0.4, -0.2) is 64.7 Å². The summed E-state index contributed by atoms with van der Waals surface area (Å²) in [6, 6.07) is -1.44. The van der Waals surface area contributed by atoms with Gasteiger partial charge in [0, 0.05) is 30.0 Å². The molecule has 2 amide bonds. The molecule has 7 nitrogen and oxygen atoms in total. The van der Waals surface area contributed by atoms with E-state index in [0.717, 1.165) is 5.75 Å². The molecule has 8 heteroatoms. The Labute approximate surface area is 128 Å². The number of esters is 1. The van der Waals surface area contributed by atoms with Crippen molar-refractivity contribution in [3.05, 3.63) is 0 Å². The number of urea groups is 1. The molecule has 0 aromatic heterocycles. The predicted molar refractivity (Wildman–Crippen MR) is 79.3 cm³/mol. The first-order valence-corrected chi connectivity index (χ1v) is 7.90. The number of methoxy groups -OCH3 is 1. The summed E-state index contributed by atoms with van der Waals surface area (Å²) in [5, 5.41) is 11.9. The highest BCUT2D eigenvalue weighted by Gasteiger charge is 2.31. The normalized spacial score (nSPS) is 23.3. The van der Waals surface area contributed by atoms with Crippen molar-refractivity contribution in [2.24, 2.45) is 0 Å². The van der Waals surface area contributed by atoms with Gasteiger partial charge in [0.1, 0.15) is 6.04 Å². The molecule has 0 aromatic carbocycles. The zero-order valence-corrected chi connectivity index (χ0v) is 13.3. The van der Waals surface area contributed by atoms with Crippen LogP contribution in [0.25, 0.3) is 0 Å². The zero-order valence-electron chi connectivity index (χ0n) is 12.5. The molecule has 3 atom stereocenters. The molecule has 1 fully saturated rings. The van der Waals surface area contributed by atoms with Gasteiger partial charge in [-0.2, -0.15) is 11.8 Å². The van der Waals surface area contributed by atoms with Crippen LogP contribution in [0.15, 0.2) is 0 Å². The van der Waals surface area contributed by atoms with Crippen LogP contribution in [0.4, 0.5) is 4.79 Å². The summed E-state index contributed by atoms with van der Waals surface area (Å²) < 4.78 is 4.48. The summed E-state index contributed by atoms with van der Waals surface area (Å²) in [6.45, 7) is 4.58. The van der Waals surface area contributed by atoms with Crippen LogP contribution in [0.1, 0.15) is 26.7 Å². The van der Waals surface area contributed by atoms with E-state index in [9.17, 15) is 14.4 Å². The highest BCUT2D eigenvalue weighted by Crippen LogP contribution is 2.24. The highest BCUT2D eigenvalue weighted by molar-refractivity contribution is 8.00. The van der Waals surface area contributed by atoms with Crippen LogP contribution in [0.3, 0.4) is 0 Å². The van der Waals surface area contributed by atoms with Crippen LogP contribution >= 0.6 is 11.8 Å². The SMILES string of the molecule is COC(=O)CC[C@@H](NC(=O)N1CCSC(C)C1C)C(=O)O. The summed E-state index contributed by atoms with van der Waals surface area (Å²) in [5.74, 6) is -0.815. The number of carboxylic acids is 1. The lowest BCUT2D eigenvalue weighted by Gasteiger charge is -2.37. The van der Waals surface area contributed by atoms with Gasteiger partial charge in [0.25, 0.3) is 0 Å². The van der Waals surface area contributed by atoms with Gasteiger partial charge in [-0.25, -0.2) is 9.59 Å². The molecule has 1 aliphatic rings. The van der Waals surface area contributed by atoms with E-state index in [0.29, 0.717) is 11.8 Å². The molecule has 0 aliphatic carbocycles. The van der Waals surface area contributed by atoms with Crippen molar-refractivity contribution >= 4 is 29.7 Å². The number of ether oxygens (including phenoxy) is 1. The molecule has 1 heterocycles. The monoisotopic (exact) mass is 318 g/mol. The number of nitrogens with one attached hydrogen (secondary N) is 1. The highest BCUT2D eigenvalue weighted by atomic mass is 32.2. The molecular weight excluding hydrogens is 296 g/mol. The molecular formula is C13H22N2O5S. The van der Waals surface area contributed by atoms with E-state index in [-0.39, 0.29) is 18.9 Å². The topological polar surface area (TPSA) is 95.9 Å². The summed E-state index contributed by atoms with van der Waals surface area (Å²) in [4.78, 5) is 36.1. The second kappa shape index (κ2) is 8.11. The number of carbonyl (C=O) groups excluding carboxylic acids is 2. The average molecular weight is 318 g/mol. The molecule has 0 spiro atoms. The Morgan fingerprint density at radius 1 is 1.43 bits per heavy atom. The van der Waals surface area contributed by atoms with Gasteiger partial charge < -0.3 is 20.1 Å². The molecule has 120 valence electrons. The number of rotatable bonds is 5. The Hall–Kier alpha value is -1.44. The predicted octanol–water partition coefficient (Wildman–Crippen LogP) is 0.928. The van der Waals surface area contributed by atoms with Crippen molar-refractivity contribution < 1.29 is 24.2 Å². The van der Waals surface area contributed by atoms with Crippen LogP contribution in [0.5, 0.6) is 0 Å². The summed E-state index contributed by atoms with van der Waals surface area (Å²) >= 11 is 1.79. The Morgan fingerprint density at radius 2 is 2.10 bits per heavy atom. The van der Waals surface area contributed by atoms with Gasteiger partial charge in [-0.3, -0.25) is 4.79 Å². The van der Waals surface area contributed by atoms with Crippen LogP contribution < -0.4 is 5.32 Å². The van der Waals surface area contributed by atoms with Gasteiger partial charge in [-0.15, -0.1) is 0 Å². The van der Waals surface area contributed by atoms with Crippen LogP contribution in [0.2, 0.25) is 0 Å². The smallest absolute Gasteiger partial charge is 0.326 e. The number of nitrogens with zero attached hydrogens (tertiary/aromatic N) is 1. The minimum Gasteiger partial charge on any atom is -0.480 e. The van der Waals surface area contributed by atoms with Crippen molar-refractivity contribution in [3.63, 3.8) is 0 Å². The van der Waals surface area contributed by atoms with Gasteiger partial charge >= 0.3 is 18.0 Å². The Kier molecular flexibility index (Phi) is 6.80.